The van der Waals surface area contributed by atoms with Gasteiger partial charge >= 0.3 is 0 Å². The molecule has 8 heteroatoms. The maximum atomic E-state index is 4.31. The summed E-state index contributed by atoms with van der Waals surface area (Å²) in [6, 6.07) is 1.97. The second kappa shape index (κ2) is 5.64. The second-order valence-corrected chi connectivity index (χ2v) is 4.59. The molecule has 0 atom stereocenters. The highest BCUT2D eigenvalue weighted by Crippen LogP contribution is 2.10. The van der Waals surface area contributed by atoms with E-state index in [0.29, 0.717) is 5.78 Å². The first-order valence-corrected chi connectivity index (χ1v) is 6.56. The summed E-state index contributed by atoms with van der Waals surface area (Å²) in [5.74, 6) is 1.55. The molecule has 3 rings (SSSR count). The fraction of sp³-hybridized carbons (Fsp3) is 0.417. The van der Waals surface area contributed by atoms with E-state index in [1.165, 1.54) is 6.33 Å². The zero-order valence-corrected chi connectivity index (χ0v) is 11.3. The van der Waals surface area contributed by atoms with E-state index in [2.05, 4.69) is 30.6 Å². The topological polar surface area (TPSA) is 85.8 Å². The molecule has 0 aliphatic carbocycles. The first-order chi connectivity index (χ1) is 9.83. The van der Waals surface area contributed by atoms with Crippen LogP contribution in [0.4, 0.5) is 5.82 Å². The van der Waals surface area contributed by atoms with Gasteiger partial charge < -0.3 is 9.88 Å². The Morgan fingerprint density at radius 1 is 1.20 bits per heavy atom. The van der Waals surface area contributed by atoms with Gasteiger partial charge in [-0.15, -0.1) is 10.2 Å². The summed E-state index contributed by atoms with van der Waals surface area (Å²) in [5, 5.41) is 15.1. The number of nitrogens with zero attached hydrogens (tertiary/aromatic N) is 7. The van der Waals surface area contributed by atoms with Crippen molar-refractivity contribution in [2.45, 2.75) is 26.3 Å². The molecule has 3 aromatic heterocycles. The molecular formula is C12H16N8. The molecule has 104 valence electrons. The van der Waals surface area contributed by atoms with Crippen LogP contribution >= 0.6 is 0 Å². The van der Waals surface area contributed by atoms with E-state index in [4.69, 9.17) is 0 Å². The molecule has 0 amide bonds. The van der Waals surface area contributed by atoms with Crippen LogP contribution in [0, 0.1) is 6.92 Å². The summed E-state index contributed by atoms with van der Waals surface area (Å²) in [5.41, 5.74) is 0.928. The molecule has 0 unspecified atom stereocenters. The van der Waals surface area contributed by atoms with Gasteiger partial charge in [-0.2, -0.15) is 14.6 Å². The van der Waals surface area contributed by atoms with Gasteiger partial charge in [0.25, 0.3) is 5.78 Å². The van der Waals surface area contributed by atoms with Gasteiger partial charge in [0.2, 0.25) is 0 Å². The zero-order chi connectivity index (χ0) is 13.8. The van der Waals surface area contributed by atoms with Crippen molar-refractivity contribution in [2.24, 2.45) is 0 Å². The van der Waals surface area contributed by atoms with Crippen molar-refractivity contribution < 1.29 is 0 Å². The van der Waals surface area contributed by atoms with Gasteiger partial charge in [0.1, 0.15) is 24.8 Å². The number of fused-ring (bicyclic) bond motifs is 1. The molecule has 0 saturated heterocycles. The van der Waals surface area contributed by atoms with Crippen molar-refractivity contribution in [2.75, 3.05) is 11.9 Å². The van der Waals surface area contributed by atoms with Gasteiger partial charge in [0.15, 0.2) is 0 Å². The number of hydrogen-bond acceptors (Lipinski definition) is 6. The Hall–Kier alpha value is -2.51. The lowest BCUT2D eigenvalue weighted by Crippen LogP contribution is -2.09. The highest BCUT2D eigenvalue weighted by molar-refractivity contribution is 5.44. The van der Waals surface area contributed by atoms with E-state index in [9.17, 15) is 0 Å². The minimum atomic E-state index is 0.622. The van der Waals surface area contributed by atoms with Crippen LogP contribution in [0.3, 0.4) is 0 Å². The van der Waals surface area contributed by atoms with Crippen molar-refractivity contribution in [1.82, 2.24) is 34.3 Å². The first kappa shape index (κ1) is 12.5. The number of hydrogen-bond donors (Lipinski definition) is 1. The van der Waals surface area contributed by atoms with E-state index in [1.54, 1.807) is 17.2 Å². The quantitative estimate of drug-likeness (QED) is 0.671. The van der Waals surface area contributed by atoms with E-state index in [1.807, 2.05) is 17.6 Å². The van der Waals surface area contributed by atoms with Crippen LogP contribution in [0.25, 0.3) is 5.78 Å². The van der Waals surface area contributed by atoms with Crippen LogP contribution < -0.4 is 5.32 Å². The zero-order valence-electron chi connectivity index (χ0n) is 11.3. The second-order valence-electron chi connectivity index (χ2n) is 4.59. The smallest absolute Gasteiger partial charge is 0.254 e. The van der Waals surface area contributed by atoms with Gasteiger partial charge in [0.05, 0.1) is 0 Å². The average molecular weight is 272 g/mol. The van der Waals surface area contributed by atoms with Gasteiger partial charge in [-0.1, -0.05) is 0 Å². The molecule has 0 radical (unpaired) electrons. The van der Waals surface area contributed by atoms with E-state index in [-0.39, 0.29) is 0 Å². The lowest BCUT2D eigenvalue weighted by Gasteiger charge is -2.08. The van der Waals surface area contributed by atoms with Crippen molar-refractivity contribution in [3.63, 3.8) is 0 Å². The predicted molar refractivity (Wildman–Crippen MR) is 73.3 cm³/mol. The molecule has 0 bridgehead atoms. The molecule has 0 saturated carbocycles. The fourth-order valence-electron chi connectivity index (χ4n) is 2.03. The minimum absolute atomic E-state index is 0.622. The molecule has 0 aliphatic rings. The molecule has 3 heterocycles. The van der Waals surface area contributed by atoms with Gasteiger partial charge in [-0.3, -0.25) is 0 Å². The Kier molecular flexibility index (Phi) is 3.53. The molecule has 8 nitrogen and oxygen atoms in total. The Labute approximate surface area is 115 Å². The van der Waals surface area contributed by atoms with Crippen LogP contribution in [-0.4, -0.2) is 40.9 Å². The Balaban J connectivity index is 1.53. The third-order valence-electron chi connectivity index (χ3n) is 3.00. The summed E-state index contributed by atoms with van der Waals surface area (Å²) in [4.78, 5) is 8.41. The number of nitrogens with one attached hydrogen (secondary N) is 1. The van der Waals surface area contributed by atoms with Crippen molar-refractivity contribution in [3.8, 4) is 0 Å². The van der Waals surface area contributed by atoms with Crippen LogP contribution in [-0.2, 0) is 6.54 Å². The number of aryl methyl sites for hydroxylation is 2. The summed E-state index contributed by atoms with van der Waals surface area (Å²) in [6.07, 6.45) is 7.10. The van der Waals surface area contributed by atoms with Gasteiger partial charge in [-0.25, -0.2) is 4.98 Å². The van der Waals surface area contributed by atoms with Crippen LogP contribution in [0.15, 0.2) is 25.0 Å². The standard InChI is InChI=1S/C12H16N8/c1-10-6-11(20-12(18-10)14-7-17-20)13-4-2-3-5-19-8-15-16-9-19/h6-9,13H,2-5H2,1H3. The van der Waals surface area contributed by atoms with Crippen LogP contribution in [0.2, 0.25) is 0 Å². The maximum Gasteiger partial charge on any atom is 0.254 e. The van der Waals surface area contributed by atoms with Crippen molar-refractivity contribution >= 4 is 11.6 Å². The van der Waals surface area contributed by atoms with Gasteiger partial charge in [-0.05, 0) is 19.8 Å². The normalized spacial score (nSPS) is 11.1. The molecule has 1 N–H and O–H groups in total. The number of rotatable bonds is 6. The molecule has 0 spiro atoms. The average Bonchev–Trinajstić information content (AvgIpc) is 3.08. The van der Waals surface area contributed by atoms with E-state index >= 15 is 0 Å². The highest BCUT2D eigenvalue weighted by Gasteiger charge is 2.04. The van der Waals surface area contributed by atoms with Gasteiger partial charge in [0, 0.05) is 24.8 Å². The van der Waals surface area contributed by atoms with Crippen LogP contribution in [0.5, 0.6) is 0 Å². The summed E-state index contributed by atoms with van der Waals surface area (Å²) in [7, 11) is 0. The molecule has 0 aromatic carbocycles. The molecule has 3 aromatic rings. The summed E-state index contributed by atoms with van der Waals surface area (Å²) in [6.45, 7) is 3.76. The van der Waals surface area contributed by atoms with E-state index in [0.717, 1.165) is 37.4 Å². The summed E-state index contributed by atoms with van der Waals surface area (Å²) >= 11 is 0. The maximum absolute atomic E-state index is 4.31. The lowest BCUT2D eigenvalue weighted by molar-refractivity contribution is 0.618. The Bertz CT molecular complexity index is 672. The predicted octanol–water partition coefficient (Wildman–Crippen LogP) is 0.917. The highest BCUT2D eigenvalue weighted by atomic mass is 15.3. The van der Waals surface area contributed by atoms with E-state index < -0.39 is 0 Å². The first-order valence-electron chi connectivity index (χ1n) is 6.56. The largest absolute Gasteiger partial charge is 0.370 e. The molecule has 0 fully saturated rings. The third kappa shape index (κ3) is 2.73. The SMILES string of the molecule is Cc1cc(NCCCCn2cnnc2)n2ncnc2n1. The molecule has 20 heavy (non-hydrogen) atoms. The number of anilines is 1. The number of aromatic nitrogens is 7. The lowest BCUT2D eigenvalue weighted by atomic mass is 10.3. The third-order valence-corrected chi connectivity index (χ3v) is 3.00. The minimum Gasteiger partial charge on any atom is -0.370 e. The van der Waals surface area contributed by atoms with Crippen LogP contribution in [0.1, 0.15) is 18.5 Å². The monoisotopic (exact) mass is 272 g/mol. The van der Waals surface area contributed by atoms with Crippen molar-refractivity contribution in [1.29, 1.82) is 0 Å². The number of unbranched alkanes of at least 4 members (excludes halogenated alkanes) is 1. The fourth-order valence-corrected chi connectivity index (χ4v) is 2.03. The molecular weight excluding hydrogens is 256 g/mol. The van der Waals surface area contributed by atoms with Crippen molar-refractivity contribution in [3.05, 3.63) is 30.7 Å². The molecule has 0 aliphatic heterocycles. The summed E-state index contributed by atoms with van der Waals surface area (Å²) < 4.78 is 3.69. The Morgan fingerprint density at radius 3 is 2.90 bits per heavy atom. The Morgan fingerprint density at radius 2 is 2.05 bits per heavy atom.